The molecule has 0 spiro atoms. The summed E-state index contributed by atoms with van der Waals surface area (Å²) in [6, 6.07) is 11.0. The van der Waals surface area contributed by atoms with E-state index in [1.165, 1.54) is 18.2 Å². The third kappa shape index (κ3) is 3.93. The molecular weight excluding hydrogens is 354 g/mol. The molecule has 0 saturated heterocycles. The third-order valence-electron chi connectivity index (χ3n) is 3.84. The van der Waals surface area contributed by atoms with E-state index in [0.29, 0.717) is 11.4 Å². The first-order valence-electron chi connectivity index (χ1n) is 7.94. The van der Waals surface area contributed by atoms with Crippen LogP contribution in [0.4, 0.5) is 11.5 Å². The molecule has 0 radical (unpaired) electrons. The molecule has 1 atom stereocenters. The molecule has 0 aliphatic carbocycles. The lowest BCUT2D eigenvalue weighted by atomic mass is 10.0. The molecule has 3 rings (SSSR count). The standard InChI is InChI=1S/C18H15N3O6/c22-10-13-9-14(23)17(24)18(27-13)16(20-15-6-1-2-7-19-15)11-4-3-5-12(8-11)21(25)26/h1-9,16,22,24H,10H2,(H,19,20)/p+1/t16-/m1/s1. The molecule has 138 valence electrons. The molecule has 1 aromatic carbocycles. The highest BCUT2D eigenvalue weighted by Crippen LogP contribution is 2.32. The zero-order chi connectivity index (χ0) is 19.4. The van der Waals surface area contributed by atoms with E-state index in [-0.39, 0.29) is 17.2 Å². The summed E-state index contributed by atoms with van der Waals surface area (Å²) in [4.78, 5) is 25.5. The number of nitro groups is 1. The summed E-state index contributed by atoms with van der Waals surface area (Å²) in [6.07, 6.45) is 1.66. The van der Waals surface area contributed by atoms with Crippen LogP contribution in [0.2, 0.25) is 0 Å². The van der Waals surface area contributed by atoms with Crippen LogP contribution in [0.1, 0.15) is 23.1 Å². The predicted molar refractivity (Wildman–Crippen MR) is 94.1 cm³/mol. The predicted octanol–water partition coefficient (Wildman–Crippen LogP) is 1.76. The number of aliphatic hydroxyl groups is 1. The zero-order valence-corrected chi connectivity index (χ0v) is 14.0. The number of nitrogens with one attached hydrogen (secondary N) is 2. The Morgan fingerprint density at radius 3 is 2.70 bits per heavy atom. The van der Waals surface area contributed by atoms with Gasteiger partial charge in [0.25, 0.3) is 11.5 Å². The van der Waals surface area contributed by atoms with Crippen LogP contribution >= 0.6 is 0 Å². The van der Waals surface area contributed by atoms with E-state index in [1.54, 1.807) is 30.5 Å². The summed E-state index contributed by atoms with van der Waals surface area (Å²) in [5, 5.41) is 33.7. The minimum Gasteiger partial charge on any atom is -0.502 e. The minimum absolute atomic E-state index is 0.0397. The van der Waals surface area contributed by atoms with Gasteiger partial charge in [-0.25, -0.2) is 4.98 Å². The first kappa shape index (κ1) is 18.1. The molecule has 3 aromatic rings. The number of pyridine rings is 1. The molecule has 0 aliphatic rings. The Morgan fingerprint density at radius 2 is 2.04 bits per heavy atom. The Bertz CT molecular complexity index is 1020. The first-order valence-corrected chi connectivity index (χ1v) is 7.94. The monoisotopic (exact) mass is 370 g/mol. The first-order chi connectivity index (χ1) is 13.0. The van der Waals surface area contributed by atoms with Crippen molar-refractivity contribution in [1.82, 2.24) is 0 Å². The van der Waals surface area contributed by atoms with Crippen molar-refractivity contribution in [2.45, 2.75) is 12.6 Å². The lowest BCUT2D eigenvalue weighted by Gasteiger charge is -2.15. The van der Waals surface area contributed by atoms with E-state index in [0.717, 1.165) is 6.07 Å². The average molecular weight is 370 g/mol. The van der Waals surface area contributed by atoms with Crippen LogP contribution in [-0.4, -0.2) is 15.1 Å². The highest BCUT2D eigenvalue weighted by Gasteiger charge is 2.28. The number of hydrogen-bond donors (Lipinski definition) is 3. The van der Waals surface area contributed by atoms with Crippen molar-refractivity contribution in [3.05, 3.63) is 92.1 Å². The summed E-state index contributed by atoms with van der Waals surface area (Å²) in [5.74, 6) is -0.330. The lowest BCUT2D eigenvalue weighted by molar-refractivity contribution is -0.384. The van der Waals surface area contributed by atoms with Crippen LogP contribution in [0.15, 0.2) is 63.9 Å². The fourth-order valence-corrected chi connectivity index (χ4v) is 2.59. The average Bonchev–Trinajstić information content (AvgIpc) is 2.69. The van der Waals surface area contributed by atoms with Crippen LogP contribution in [-0.2, 0) is 6.61 Å². The summed E-state index contributed by atoms with van der Waals surface area (Å²) >= 11 is 0. The van der Waals surface area contributed by atoms with Crippen molar-refractivity contribution in [1.29, 1.82) is 0 Å². The number of aliphatic hydroxyl groups excluding tert-OH is 1. The van der Waals surface area contributed by atoms with E-state index >= 15 is 0 Å². The summed E-state index contributed by atoms with van der Waals surface area (Å²) in [5.41, 5.74) is -0.499. The number of non-ortho nitro benzene ring substituents is 1. The number of aromatic amines is 1. The largest absolute Gasteiger partial charge is 0.502 e. The van der Waals surface area contributed by atoms with E-state index < -0.39 is 28.8 Å². The Kier molecular flexibility index (Phi) is 5.13. The second kappa shape index (κ2) is 7.67. The number of H-pyrrole nitrogens is 1. The van der Waals surface area contributed by atoms with Gasteiger partial charge in [0.15, 0.2) is 11.8 Å². The molecule has 4 N–H and O–H groups in total. The summed E-state index contributed by atoms with van der Waals surface area (Å²) in [6.45, 7) is -0.540. The number of nitrogens with zero attached hydrogens (tertiary/aromatic N) is 1. The smallest absolute Gasteiger partial charge is 0.273 e. The number of aromatic hydroxyl groups is 1. The van der Waals surface area contributed by atoms with Gasteiger partial charge in [0.05, 0.1) is 11.1 Å². The molecule has 27 heavy (non-hydrogen) atoms. The van der Waals surface area contributed by atoms with E-state index in [4.69, 9.17) is 4.42 Å². The molecule has 0 aliphatic heterocycles. The molecule has 9 heteroatoms. The van der Waals surface area contributed by atoms with E-state index in [1.807, 2.05) is 0 Å². The van der Waals surface area contributed by atoms with Gasteiger partial charge in [-0.15, -0.1) is 0 Å². The van der Waals surface area contributed by atoms with E-state index in [9.17, 15) is 25.1 Å². The van der Waals surface area contributed by atoms with Gasteiger partial charge in [0.1, 0.15) is 12.4 Å². The van der Waals surface area contributed by atoms with Gasteiger partial charge in [0, 0.05) is 29.8 Å². The maximum atomic E-state index is 12.0. The highest BCUT2D eigenvalue weighted by atomic mass is 16.6. The van der Waals surface area contributed by atoms with Crippen LogP contribution in [0, 0.1) is 10.1 Å². The number of hydrogen-bond acceptors (Lipinski definition) is 7. The van der Waals surface area contributed by atoms with Crippen molar-refractivity contribution in [2.75, 3.05) is 5.32 Å². The SMILES string of the molecule is O=c1cc(CO)oc([C@H](Nc2cccc[nH+]2)c2cccc([N+](=O)[O-])c2)c1O. The van der Waals surface area contributed by atoms with Gasteiger partial charge in [0.2, 0.25) is 11.2 Å². The quantitative estimate of drug-likeness (QED) is 0.443. The molecule has 0 bridgehead atoms. The van der Waals surface area contributed by atoms with Crippen molar-refractivity contribution in [2.24, 2.45) is 0 Å². The van der Waals surface area contributed by atoms with Crippen molar-refractivity contribution >= 4 is 11.5 Å². The topological polar surface area (TPSA) is 140 Å². The van der Waals surface area contributed by atoms with Gasteiger partial charge in [-0.3, -0.25) is 20.2 Å². The number of anilines is 1. The number of rotatable bonds is 6. The van der Waals surface area contributed by atoms with Gasteiger partial charge < -0.3 is 14.6 Å². The molecule has 9 nitrogen and oxygen atoms in total. The maximum Gasteiger partial charge on any atom is 0.273 e. The Hall–Kier alpha value is -3.72. The van der Waals surface area contributed by atoms with Crippen LogP contribution in [0.25, 0.3) is 0 Å². The molecule has 2 heterocycles. The van der Waals surface area contributed by atoms with Crippen LogP contribution < -0.4 is 15.7 Å². The van der Waals surface area contributed by atoms with Crippen molar-refractivity contribution < 1.29 is 24.5 Å². The number of benzene rings is 1. The van der Waals surface area contributed by atoms with Gasteiger partial charge in [-0.05, 0) is 6.07 Å². The molecule has 0 unspecified atom stereocenters. The van der Waals surface area contributed by atoms with Crippen molar-refractivity contribution in [3.63, 3.8) is 0 Å². The highest BCUT2D eigenvalue weighted by molar-refractivity contribution is 5.46. The normalized spacial score (nSPS) is 11.7. The van der Waals surface area contributed by atoms with E-state index in [2.05, 4.69) is 10.3 Å². The van der Waals surface area contributed by atoms with Gasteiger partial charge in [-0.2, -0.15) is 0 Å². The van der Waals surface area contributed by atoms with Gasteiger partial charge >= 0.3 is 0 Å². The fourth-order valence-electron chi connectivity index (χ4n) is 2.59. The minimum atomic E-state index is -0.928. The molecular formula is C18H16N3O6+. The fraction of sp³-hybridized carbons (Fsp3) is 0.111. The molecule has 0 saturated carbocycles. The lowest BCUT2D eigenvalue weighted by Crippen LogP contribution is -2.20. The molecule has 0 fully saturated rings. The summed E-state index contributed by atoms with van der Waals surface area (Å²) < 4.78 is 5.48. The molecule has 0 amide bonds. The van der Waals surface area contributed by atoms with Crippen LogP contribution in [0.3, 0.4) is 0 Å². The third-order valence-corrected chi connectivity index (χ3v) is 3.84. The zero-order valence-electron chi connectivity index (χ0n) is 14.0. The Labute approximate surface area is 152 Å². The Morgan fingerprint density at radius 1 is 1.22 bits per heavy atom. The van der Waals surface area contributed by atoms with Gasteiger partial charge in [-0.1, -0.05) is 18.2 Å². The summed E-state index contributed by atoms with van der Waals surface area (Å²) in [7, 11) is 0. The number of aromatic nitrogens is 1. The van der Waals surface area contributed by atoms with Crippen LogP contribution in [0.5, 0.6) is 5.75 Å². The maximum absolute atomic E-state index is 12.0. The molecule has 2 aromatic heterocycles. The second-order valence-corrected chi connectivity index (χ2v) is 5.65. The van der Waals surface area contributed by atoms with Crippen molar-refractivity contribution in [3.8, 4) is 5.75 Å². The Balaban J connectivity index is 2.16. The number of nitro benzene ring substituents is 1. The second-order valence-electron chi connectivity index (χ2n) is 5.65.